The first kappa shape index (κ1) is 33.1. The summed E-state index contributed by atoms with van der Waals surface area (Å²) >= 11 is 0. The maximum atomic E-state index is 14.5. The van der Waals surface area contributed by atoms with E-state index in [1.54, 1.807) is 0 Å². The van der Waals surface area contributed by atoms with Gasteiger partial charge in [-0.1, -0.05) is 12.2 Å². The van der Waals surface area contributed by atoms with Gasteiger partial charge in [0, 0.05) is 29.9 Å². The number of ether oxygens (including phenoxy) is 1. The molecule has 246 valence electrons. The minimum Gasteiger partial charge on any atom is -0.497 e. The number of rotatable bonds is 10. The van der Waals surface area contributed by atoms with Crippen molar-refractivity contribution in [3.05, 3.63) is 59.3 Å². The third-order valence-electron chi connectivity index (χ3n) is 7.87. The van der Waals surface area contributed by atoms with Gasteiger partial charge in [0.15, 0.2) is 0 Å². The molecule has 0 saturated carbocycles. The third kappa shape index (κ3) is 7.24. The van der Waals surface area contributed by atoms with Crippen LogP contribution in [0.1, 0.15) is 45.4 Å². The fourth-order valence-electron chi connectivity index (χ4n) is 5.64. The van der Waals surface area contributed by atoms with E-state index in [0.29, 0.717) is 17.8 Å². The molecule has 2 aromatic rings. The van der Waals surface area contributed by atoms with Crippen molar-refractivity contribution in [2.24, 2.45) is 5.10 Å². The fraction of sp³-hybridized carbons (Fsp3) is 0.393. The van der Waals surface area contributed by atoms with Crippen molar-refractivity contribution in [1.29, 1.82) is 0 Å². The molecule has 5 rings (SSSR count). The van der Waals surface area contributed by atoms with Crippen molar-refractivity contribution in [3.8, 4) is 5.75 Å². The van der Waals surface area contributed by atoms with E-state index in [1.807, 2.05) is 11.8 Å². The number of carbonyl (C=O) groups is 1. The quantitative estimate of drug-likeness (QED) is 0.161. The van der Waals surface area contributed by atoms with Crippen LogP contribution in [0.5, 0.6) is 5.75 Å². The van der Waals surface area contributed by atoms with Gasteiger partial charge in [0.1, 0.15) is 21.6 Å². The number of methoxy groups -OCH3 is 1. The number of allylic oxidation sites excluding steroid dienone is 5. The van der Waals surface area contributed by atoms with E-state index in [2.05, 4.69) is 42.9 Å². The Bertz CT molecular complexity index is 1890. The summed E-state index contributed by atoms with van der Waals surface area (Å²) in [6.45, 7) is 2.47. The maximum Gasteiger partial charge on any atom is 0.315 e. The maximum absolute atomic E-state index is 14.5. The first-order valence-corrected chi connectivity index (χ1v) is 17.3. The normalized spacial score (nSPS) is 21.1. The second-order valence-electron chi connectivity index (χ2n) is 10.7. The number of nitrogens with zero attached hydrogens (tertiary/aromatic N) is 5. The van der Waals surface area contributed by atoms with Gasteiger partial charge in [0.05, 0.1) is 12.8 Å². The van der Waals surface area contributed by atoms with Crippen LogP contribution in [-0.4, -0.2) is 77.3 Å². The second kappa shape index (κ2) is 13.2. The fourth-order valence-corrected chi connectivity index (χ4v) is 7.13. The van der Waals surface area contributed by atoms with E-state index in [1.165, 1.54) is 25.3 Å². The Labute approximate surface area is 264 Å². The van der Waals surface area contributed by atoms with Crippen LogP contribution in [0.25, 0.3) is 0 Å². The minimum atomic E-state index is -4.88. The molecule has 3 aliphatic rings. The summed E-state index contributed by atoms with van der Waals surface area (Å²) in [7, 11) is -8.37. The molecule has 1 aromatic carbocycles. The van der Waals surface area contributed by atoms with E-state index >= 15 is 0 Å². The zero-order valence-electron chi connectivity index (χ0n) is 24.8. The Morgan fingerprint density at radius 3 is 2.57 bits per heavy atom. The zero-order valence-corrected chi connectivity index (χ0v) is 26.5. The summed E-state index contributed by atoms with van der Waals surface area (Å²) in [5.41, 5.74) is 2.53. The van der Waals surface area contributed by atoms with Crippen LogP contribution in [-0.2, 0) is 25.0 Å². The number of hydrazone groups is 1. The van der Waals surface area contributed by atoms with Crippen molar-refractivity contribution in [1.82, 2.24) is 15.0 Å². The number of anilines is 3. The summed E-state index contributed by atoms with van der Waals surface area (Å²) in [6, 6.07) is 3.67. The zero-order chi connectivity index (χ0) is 33.2. The van der Waals surface area contributed by atoms with E-state index in [9.17, 15) is 35.1 Å². The molecule has 0 bridgehead atoms. The Hall–Kier alpha value is -4.26. The monoisotopic (exact) mass is 677 g/mol. The van der Waals surface area contributed by atoms with Gasteiger partial charge < -0.3 is 15.0 Å². The van der Waals surface area contributed by atoms with Crippen LogP contribution in [0.3, 0.4) is 0 Å². The summed E-state index contributed by atoms with van der Waals surface area (Å²) in [5.74, 6) is -0.557. The third-order valence-corrected chi connectivity index (χ3v) is 9.87. The molecule has 0 radical (unpaired) electrons. The molecular weight excluding hydrogens is 645 g/mol. The molecule has 0 amide bonds. The number of aromatic nitrogens is 3. The van der Waals surface area contributed by atoms with Crippen molar-refractivity contribution >= 4 is 49.3 Å². The lowest BCUT2D eigenvalue weighted by Crippen LogP contribution is -2.41. The standard InChI is InChI=1S/C28H32FN7O8S2/c1-3-36(18-7-5-4-6-8-18)28-32-26(29)31-27(33-28)30-17-9-11-20-16(13-17)14-23(46(41,42)43)24(25(20)37)35-34-21-12-10-19(44-2)15-22(21)45(38,39)40/h4-5,10,12-13,15,18,23,34H,3,6-9,11,14H2,1-2H3,(H,38,39,40)(H,41,42,43)(H,30,31,32,33). The number of ketones is 1. The van der Waals surface area contributed by atoms with Gasteiger partial charge in [0.25, 0.3) is 20.2 Å². The van der Waals surface area contributed by atoms with E-state index in [0.717, 1.165) is 25.3 Å². The number of benzene rings is 1. The van der Waals surface area contributed by atoms with Crippen LogP contribution in [0.4, 0.5) is 22.0 Å². The lowest BCUT2D eigenvalue weighted by molar-refractivity contribution is -0.110. The Kier molecular flexibility index (Phi) is 9.52. The molecule has 15 nitrogen and oxygen atoms in total. The van der Waals surface area contributed by atoms with Crippen LogP contribution < -0.4 is 20.4 Å². The Morgan fingerprint density at radius 2 is 1.91 bits per heavy atom. The summed E-state index contributed by atoms with van der Waals surface area (Å²) in [6.07, 6.45) is 7.31. The van der Waals surface area contributed by atoms with Gasteiger partial charge >= 0.3 is 6.08 Å². The van der Waals surface area contributed by atoms with Crippen molar-refractivity contribution in [2.75, 3.05) is 29.3 Å². The molecular formula is C28H32FN7O8S2. The van der Waals surface area contributed by atoms with E-state index in [-0.39, 0.29) is 54.2 Å². The average Bonchev–Trinajstić information content (AvgIpc) is 3.00. The first-order chi connectivity index (χ1) is 21.8. The van der Waals surface area contributed by atoms with Crippen molar-refractivity contribution < 1.29 is 39.9 Å². The lowest BCUT2D eigenvalue weighted by Gasteiger charge is -2.31. The lowest BCUT2D eigenvalue weighted by atomic mass is 9.82. The average molecular weight is 678 g/mol. The number of halogens is 1. The molecule has 0 aliphatic heterocycles. The highest BCUT2D eigenvalue weighted by molar-refractivity contribution is 7.87. The molecule has 4 N–H and O–H groups in total. The van der Waals surface area contributed by atoms with E-state index < -0.39 is 48.0 Å². The molecule has 0 saturated heterocycles. The van der Waals surface area contributed by atoms with Crippen LogP contribution in [0.15, 0.2) is 63.3 Å². The molecule has 1 aromatic heterocycles. The van der Waals surface area contributed by atoms with Gasteiger partial charge in [0.2, 0.25) is 17.7 Å². The second-order valence-corrected chi connectivity index (χ2v) is 13.7. The SMILES string of the molecule is CCN(c1nc(F)nc(NC2=CC3=C(CC2)C(=O)C(=NNc2ccc(OC)cc2S(=O)(=O)O)C(S(=O)(=O)O)C3)n1)C1CC=CCC1. The summed E-state index contributed by atoms with van der Waals surface area (Å²) in [5, 5.41) is 5.05. The number of Topliss-reactive ketones (excluding diaryl/α,β-unsaturated/α-hetero) is 1. The smallest absolute Gasteiger partial charge is 0.315 e. The van der Waals surface area contributed by atoms with Gasteiger partial charge in [-0.2, -0.15) is 41.3 Å². The topological polar surface area (TPSA) is 213 Å². The minimum absolute atomic E-state index is 0.0587. The molecule has 1 heterocycles. The number of carbonyl (C=O) groups excluding carboxylic acids is 1. The molecule has 18 heteroatoms. The summed E-state index contributed by atoms with van der Waals surface area (Å²) < 4.78 is 87.9. The Morgan fingerprint density at radius 1 is 1.13 bits per heavy atom. The summed E-state index contributed by atoms with van der Waals surface area (Å²) in [4.78, 5) is 26.9. The molecule has 2 atom stereocenters. The van der Waals surface area contributed by atoms with Gasteiger partial charge in [-0.3, -0.25) is 19.3 Å². The highest BCUT2D eigenvalue weighted by Crippen LogP contribution is 2.35. The highest BCUT2D eigenvalue weighted by atomic mass is 32.2. The molecule has 46 heavy (non-hydrogen) atoms. The van der Waals surface area contributed by atoms with Crippen molar-refractivity contribution in [3.63, 3.8) is 0 Å². The highest BCUT2D eigenvalue weighted by Gasteiger charge is 2.41. The molecule has 0 spiro atoms. The number of hydrogen-bond donors (Lipinski definition) is 4. The van der Waals surface area contributed by atoms with E-state index in [4.69, 9.17) is 4.74 Å². The van der Waals surface area contributed by atoms with Gasteiger partial charge in [-0.25, -0.2) is 0 Å². The van der Waals surface area contributed by atoms with Crippen LogP contribution in [0.2, 0.25) is 0 Å². The largest absolute Gasteiger partial charge is 0.497 e. The number of nitrogens with one attached hydrogen (secondary N) is 2. The van der Waals surface area contributed by atoms with Gasteiger partial charge in [-0.15, -0.1) is 0 Å². The predicted octanol–water partition coefficient (Wildman–Crippen LogP) is 3.28. The predicted molar refractivity (Wildman–Crippen MR) is 166 cm³/mol. The van der Waals surface area contributed by atoms with Gasteiger partial charge in [-0.05, 0) is 69.2 Å². The molecule has 3 aliphatic carbocycles. The van der Waals surface area contributed by atoms with Crippen LogP contribution in [0, 0.1) is 6.08 Å². The van der Waals surface area contributed by atoms with Crippen molar-refractivity contribution in [2.45, 2.75) is 61.6 Å². The molecule has 0 fully saturated rings. The Balaban J connectivity index is 1.43. The number of hydrogen-bond acceptors (Lipinski definition) is 13. The molecule has 2 unspecified atom stereocenters. The first-order valence-electron chi connectivity index (χ1n) is 14.3. The van der Waals surface area contributed by atoms with Crippen LogP contribution >= 0.6 is 0 Å².